The lowest BCUT2D eigenvalue weighted by Crippen LogP contribution is -2.32. The molecule has 3 rings (SSSR count). The van der Waals surface area contributed by atoms with Gasteiger partial charge in [0.2, 0.25) is 5.91 Å². The molecule has 2 aromatic rings. The third-order valence-electron chi connectivity index (χ3n) is 5.06. The van der Waals surface area contributed by atoms with E-state index in [2.05, 4.69) is 10.6 Å². The van der Waals surface area contributed by atoms with E-state index >= 15 is 0 Å². The van der Waals surface area contributed by atoms with Crippen molar-refractivity contribution in [2.24, 2.45) is 0 Å². The van der Waals surface area contributed by atoms with Crippen LogP contribution in [0.3, 0.4) is 0 Å². The van der Waals surface area contributed by atoms with Crippen molar-refractivity contribution < 1.29 is 23.9 Å². The molecule has 162 valence electrons. The summed E-state index contributed by atoms with van der Waals surface area (Å²) in [7, 11) is 0. The van der Waals surface area contributed by atoms with Crippen molar-refractivity contribution in [1.29, 1.82) is 0 Å². The zero-order valence-corrected chi connectivity index (χ0v) is 17.6. The van der Waals surface area contributed by atoms with Gasteiger partial charge < -0.3 is 20.3 Å². The first kappa shape index (κ1) is 22.0. The number of rotatable bonds is 7. The number of amides is 3. The van der Waals surface area contributed by atoms with Gasteiger partial charge in [-0.05, 0) is 67.8 Å². The molecule has 1 saturated heterocycles. The van der Waals surface area contributed by atoms with Gasteiger partial charge in [0.15, 0.2) is 6.61 Å². The molecule has 0 spiro atoms. The zero-order valence-electron chi connectivity index (χ0n) is 17.6. The van der Waals surface area contributed by atoms with Crippen LogP contribution in [-0.2, 0) is 19.1 Å². The van der Waals surface area contributed by atoms with Gasteiger partial charge in [0.05, 0.1) is 0 Å². The highest BCUT2D eigenvalue weighted by Crippen LogP contribution is 2.23. The first-order chi connectivity index (χ1) is 14.8. The minimum Gasteiger partial charge on any atom is -0.454 e. The highest BCUT2D eigenvalue weighted by molar-refractivity contribution is 5.97. The zero-order chi connectivity index (χ0) is 22.4. The molecule has 2 N–H and O–H groups in total. The van der Waals surface area contributed by atoms with Gasteiger partial charge in [-0.3, -0.25) is 19.2 Å². The molecule has 0 atom stereocenters. The number of carbonyl (C=O) groups excluding carboxylic acids is 4. The summed E-state index contributed by atoms with van der Waals surface area (Å²) in [5.74, 6) is -1.51. The van der Waals surface area contributed by atoms with Crippen molar-refractivity contribution in [3.8, 4) is 0 Å². The summed E-state index contributed by atoms with van der Waals surface area (Å²) in [5, 5.41) is 5.10. The van der Waals surface area contributed by atoms with Gasteiger partial charge in [-0.15, -0.1) is 0 Å². The molecule has 1 heterocycles. The average molecular weight is 423 g/mol. The number of anilines is 2. The molecule has 31 heavy (non-hydrogen) atoms. The van der Waals surface area contributed by atoms with Crippen LogP contribution in [0.15, 0.2) is 42.5 Å². The van der Waals surface area contributed by atoms with E-state index in [1.165, 1.54) is 0 Å². The van der Waals surface area contributed by atoms with E-state index in [1.807, 2.05) is 19.9 Å². The molecule has 3 amide bonds. The van der Waals surface area contributed by atoms with Crippen molar-refractivity contribution in [3.63, 3.8) is 0 Å². The Balaban J connectivity index is 1.40. The van der Waals surface area contributed by atoms with E-state index in [4.69, 9.17) is 4.74 Å². The van der Waals surface area contributed by atoms with Crippen LogP contribution < -0.4 is 15.5 Å². The van der Waals surface area contributed by atoms with Gasteiger partial charge in [0.1, 0.15) is 6.54 Å². The summed E-state index contributed by atoms with van der Waals surface area (Å²) in [6.45, 7) is 3.74. The highest BCUT2D eigenvalue weighted by atomic mass is 16.5. The summed E-state index contributed by atoms with van der Waals surface area (Å²) in [6.07, 6.45) is 1.39. The lowest BCUT2D eigenvalue weighted by atomic mass is 10.1. The Morgan fingerprint density at radius 1 is 1.03 bits per heavy atom. The van der Waals surface area contributed by atoms with Crippen molar-refractivity contribution >= 4 is 35.1 Å². The smallest absolute Gasteiger partial charge is 0.325 e. The highest BCUT2D eigenvalue weighted by Gasteiger charge is 2.21. The molecule has 0 aliphatic carbocycles. The predicted octanol–water partition coefficient (Wildman–Crippen LogP) is 2.34. The molecule has 1 aliphatic rings. The number of nitrogens with one attached hydrogen (secondary N) is 2. The number of carbonyl (C=O) groups is 4. The molecule has 8 heteroatoms. The Bertz CT molecular complexity index is 1000. The number of esters is 1. The molecule has 0 unspecified atom stereocenters. The van der Waals surface area contributed by atoms with Crippen LogP contribution in [0.1, 0.15) is 34.3 Å². The molecule has 2 aromatic carbocycles. The summed E-state index contributed by atoms with van der Waals surface area (Å²) in [6, 6.07) is 12.1. The van der Waals surface area contributed by atoms with Gasteiger partial charge in [-0.25, -0.2) is 0 Å². The fourth-order valence-corrected chi connectivity index (χ4v) is 3.18. The van der Waals surface area contributed by atoms with Crippen LogP contribution >= 0.6 is 0 Å². The average Bonchev–Trinajstić information content (AvgIpc) is 3.19. The van der Waals surface area contributed by atoms with Gasteiger partial charge in [-0.1, -0.05) is 6.07 Å². The molecule has 0 bridgehead atoms. The van der Waals surface area contributed by atoms with Gasteiger partial charge in [0, 0.05) is 29.9 Å². The molecule has 0 saturated carbocycles. The number of aryl methyl sites for hydroxylation is 2. The van der Waals surface area contributed by atoms with Crippen LogP contribution in [0.4, 0.5) is 11.4 Å². The fraction of sp³-hybridized carbons (Fsp3) is 0.304. The third kappa shape index (κ3) is 5.91. The van der Waals surface area contributed by atoms with Crippen LogP contribution in [0.5, 0.6) is 0 Å². The van der Waals surface area contributed by atoms with E-state index < -0.39 is 18.5 Å². The van der Waals surface area contributed by atoms with E-state index in [9.17, 15) is 19.2 Å². The standard InChI is InChI=1S/C23H25N3O5/c1-15-5-6-17(12-16(15)2)23(30)24-13-22(29)31-14-20(27)25-18-7-9-19(10-8-18)26-11-3-4-21(26)28/h5-10,12H,3-4,11,13-14H2,1-2H3,(H,24,30)(H,25,27). The van der Waals surface area contributed by atoms with Crippen LogP contribution in [0.2, 0.25) is 0 Å². The van der Waals surface area contributed by atoms with Gasteiger partial charge in [-0.2, -0.15) is 0 Å². The lowest BCUT2D eigenvalue weighted by molar-refractivity contribution is -0.146. The minimum atomic E-state index is -0.713. The molecule has 0 aromatic heterocycles. The van der Waals surface area contributed by atoms with Crippen LogP contribution in [0, 0.1) is 13.8 Å². The molecule has 1 aliphatic heterocycles. The maximum Gasteiger partial charge on any atom is 0.325 e. The van der Waals surface area contributed by atoms with Crippen molar-refractivity contribution in [3.05, 3.63) is 59.2 Å². The maximum absolute atomic E-state index is 12.1. The Labute approximate surface area is 180 Å². The number of hydrogen-bond donors (Lipinski definition) is 2. The number of nitrogens with zero attached hydrogens (tertiary/aromatic N) is 1. The quantitative estimate of drug-likeness (QED) is 0.665. The number of hydrogen-bond acceptors (Lipinski definition) is 5. The lowest BCUT2D eigenvalue weighted by Gasteiger charge is -2.16. The van der Waals surface area contributed by atoms with Gasteiger partial charge >= 0.3 is 5.97 Å². The Morgan fingerprint density at radius 2 is 1.77 bits per heavy atom. The molecule has 8 nitrogen and oxygen atoms in total. The second-order valence-corrected chi connectivity index (χ2v) is 7.39. The predicted molar refractivity (Wildman–Crippen MR) is 116 cm³/mol. The summed E-state index contributed by atoms with van der Waals surface area (Å²) >= 11 is 0. The topological polar surface area (TPSA) is 105 Å². The van der Waals surface area contributed by atoms with Gasteiger partial charge in [0.25, 0.3) is 11.8 Å². The van der Waals surface area contributed by atoms with E-state index in [1.54, 1.807) is 41.3 Å². The Morgan fingerprint density at radius 3 is 2.42 bits per heavy atom. The third-order valence-corrected chi connectivity index (χ3v) is 5.06. The van der Waals surface area contributed by atoms with E-state index in [0.29, 0.717) is 24.2 Å². The van der Waals surface area contributed by atoms with Crippen LogP contribution in [-0.4, -0.2) is 43.4 Å². The maximum atomic E-state index is 12.1. The molecule has 1 fully saturated rings. The van der Waals surface area contributed by atoms with Crippen molar-refractivity contribution in [2.75, 3.05) is 29.9 Å². The van der Waals surface area contributed by atoms with E-state index in [-0.39, 0.29) is 18.4 Å². The number of benzene rings is 2. The fourth-order valence-electron chi connectivity index (χ4n) is 3.18. The largest absolute Gasteiger partial charge is 0.454 e. The molecular formula is C23H25N3O5. The minimum absolute atomic E-state index is 0.0910. The summed E-state index contributed by atoms with van der Waals surface area (Å²) in [4.78, 5) is 49.4. The Kier molecular flexibility index (Phi) is 7.02. The summed E-state index contributed by atoms with van der Waals surface area (Å²) < 4.78 is 4.91. The normalized spacial score (nSPS) is 13.1. The Hall–Kier alpha value is -3.68. The SMILES string of the molecule is Cc1ccc(C(=O)NCC(=O)OCC(=O)Nc2ccc(N3CCCC3=O)cc2)cc1C. The molecule has 0 radical (unpaired) electrons. The van der Waals surface area contributed by atoms with Crippen molar-refractivity contribution in [1.82, 2.24) is 5.32 Å². The summed E-state index contributed by atoms with van der Waals surface area (Å²) in [5.41, 5.74) is 3.81. The molecular weight excluding hydrogens is 398 g/mol. The monoisotopic (exact) mass is 423 g/mol. The number of ether oxygens (including phenoxy) is 1. The van der Waals surface area contributed by atoms with Crippen molar-refractivity contribution in [2.45, 2.75) is 26.7 Å². The first-order valence-electron chi connectivity index (χ1n) is 10.0. The second kappa shape index (κ2) is 9.88. The van der Waals surface area contributed by atoms with Crippen LogP contribution in [0.25, 0.3) is 0 Å². The second-order valence-electron chi connectivity index (χ2n) is 7.39. The van der Waals surface area contributed by atoms with E-state index in [0.717, 1.165) is 23.2 Å². The first-order valence-corrected chi connectivity index (χ1v) is 10.0.